The zero-order valence-electron chi connectivity index (χ0n) is 14.3. The zero-order valence-corrected chi connectivity index (χ0v) is 15.0. The van der Waals surface area contributed by atoms with Crippen LogP contribution in [0.2, 0.25) is 0 Å². The molecule has 124 valence electrons. The highest BCUT2D eigenvalue weighted by atomic mass is 35.5. The van der Waals surface area contributed by atoms with Gasteiger partial charge in [-0.2, -0.15) is 0 Å². The van der Waals surface area contributed by atoms with Gasteiger partial charge in [0.1, 0.15) is 17.1 Å². The van der Waals surface area contributed by atoms with Crippen molar-refractivity contribution in [1.29, 1.82) is 0 Å². The Kier molecular flexibility index (Phi) is 7.21. The molecule has 0 atom stereocenters. The summed E-state index contributed by atoms with van der Waals surface area (Å²) in [6.45, 7) is 6.62. The first-order valence-corrected chi connectivity index (χ1v) is 8.21. The van der Waals surface area contributed by atoms with E-state index >= 15 is 0 Å². The maximum absolute atomic E-state index is 11.6. The van der Waals surface area contributed by atoms with Crippen molar-refractivity contribution in [2.45, 2.75) is 58.3 Å². The lowest BCUT2D eigenvalue weighted by molar-refractivity contribution is 0.107. The molecule has 1 rings (SSSR count). The fourth-order valence-electron chi connectivity index (χ4n) is 2.63. The van der Waals surface area contributed by atoms with Crippen molar-refractivity contribution >= 4 is 16.8 Å². The third kappa shape index (κ3) is 4.64. The number of rotatable bonds is 9. The summed E-state index contributed by atoms with van der Waals surface area (Å²) >= 11 is 5.66. The molecule has 0 aliphatic rings. The largest absolute Gasteiger partial charge is 0.496 e. The third-order valence-corrected chi connectivity index (χ3v) is 4.33. The van der Waals surface area contributed by atoms with Crippen molar-refractivity contribution in [2.75, 3.05) is 14.2 Å². The Balaban J connectivity index is 3.11. The Morgan fingerprint density at radius 1 is 1.09 bits per heavy atom. The standard InChI is InChI=1S/C18H27ClO3/c1-6-7-8-9-10-18(2,3)13-11-14(21-4)16(17(19)20)15(12-13)22-5/h11-12H,6-10H2,1-5H3. The van der Waals surface area contributed by atoms with Crippen molar-refractivity contribution in [3.05, 3.63) is 23.3 Å². The summed E-state index contributed by atoms with van der Waals surface area (Å²) in [5.41, 5.74) is 1.37. The molecule has 0 aliphatic carbocycles. The van der Waals surface area contributed by atoms with Crippen LogP contribution in [0.1, 0.15) is 68.8 Å². The smallest absolute Gasteiger partial charge is 0.259 e. The maximum atomic E-state index is 11.6. The van der Waals surface area contributed by atoms with E-state index in [4.69, 9.17) is 21.1 Å². The van der Waals surface area contributed by atoms with Crippen molar-refractivity contribution in [3.8, 4) is 11.5 Å². The second-order valence-electron chi connectivity index (χ2n) is 6.22. The molecule has 4 heteroatoms. The zero-order chi connectivity index (χ0) is 16.8. The summed E-state index contributed by atoms with van der Waals surface area (Å²) in [7, 11) is 3.08. The van der Waals surface area contributed by atoms with Crippen LogP contribution >= 0.6 is 11.6 Å². The Labute approximate surface area is 139 Å². The third-order valence-electron chi connectivity index (χ3n) is 4.14. The number of carbonyl (C=O) groups excluding carboxylic acids is 1. The van der Waals surface area contributed by atoms with E-state index in [1.165, 1.54) is 39.9 Å². The van der Waals surface area contributed by atoms with Gasteiger partial charge in [0, 0.05) is 0 Å². The highest BCUT2D eigenvalue weighted by molar-refractivity contribution is 6.68. The van der Waals surface area contributed by atoms with E-state index in [0.717, 1.165) is 12.0 Å². The van der Waals surface area contributed by atoms with Gasteiger partial charge in [0.2, 0.25) is 0 Å². The van der Waals surface area contributed by atoms with E-state index in [1.54, 1.807) is 0 Å². The van der Waals surface area contributed by atoms with Crippen LogP contribution < -0.4 is 9.47 Å². The molecule has 0 unspecified atom stereocenters. The Morgan fingerprint density at radius 3 is 2.05 bits per heavy atom. The van der Waals surface area contributed by atoms with Crippen LogP contribution in [-0.2, 0) is 5.41 Å². The average molecular weight is 327 g/mol. The Hall–Kier alpha value is -1.22. The molecule has 3 nitrogen and oxygen atoms in total. The summed E-state index contributed by atoms with van der Waals surface area (Å²) in [4.78, 5) is 11.6. The van der Waals surface area contributed by atoms with Crippen LogP contribution in [0.4, 0.5) is 0 Å². The lowest BCUT2D eigenvalue weighted by Crippen LogP contribution is -2.18. The molecule has 0 radical (unpaired) electrons. The van der Waals surface area contributed by atoms with Gasteiger partial charge < -0.3 is 9.47 Å². The van der Waals surface area contributed by atoms with Gasteiger partial charge in [0.25, 0.3) is 5.24 Å². The molecule has 0 fully saturated rings. The lowest BCUT2D eigenvalue weighted by Gasteiger charge is -2.27. The molecule has 0 saturated heterocycles. The van der Waals surface area contributed by atoms with Gasteiger partial charge in [-0.3, -0.25) is 4.79 Å². The highest BCUT2D eigenvalue weighted by Crippen LogP contribution is 2.38. The van der Waals surface area contributed by atoms with E-state index in [2.05, 4.69) is 20.8 Å². The molecule has 0 amide bonds. The minimum atomic E-state index is -0.569. The number of methoxy groups -OCH3 is 2. The number of hydrogen-bond acceptors (Lipinski definition) is 3. The highest BCUT2D eigenvalue weighted by Gasteiger charge is 2.25. The van der Waals surface area contributed by atoms with Gasteiger partial charge in [-0.05, 0) is 41.1 Å². The normalized spacial score (nSPS) is 11.4. The molecule has 0 N–H and O–H groups in total. The van der Waals surface area contributed by atoms with Crippen molar-refractivity contribution in [3.63, 3.8) is 0 Å². The van der Waals surface area contributed by atoms with E-state index in [-0.39, 0.29) is 11.0 Å². The first kappa shape index (κ1) is 18.8. The number of carbonyl (C=O) groups is 1. The van der Waals surface area contributed by atoms with Gasteiger partial charge in [0.15, 0.2) is 0 Å². The van der Waals surface area contributed by atoms with Crippen molar-refractivity contribution in [2.24, 2.45) is 0 Å². The SMILES string of the molecule is CCCCCCC(C)(C)c1cc(OC)c(C(=O)Cl)c(OC)c1. The first-order valence-electron chi connectivity index (χ1n) is 7.83. The van der Waals surface area contributed by atoms with Crippen LogP contribution in [0, 0.1) is 0 Å². The van der Waals surface area contributed by atoms with E-state index < -0.39 is 5.24 Å². The topological polar surface area (TPSA) is 35.5 Å². The van der Waals surface area contributed by atoms with Gasteiger partial charge in [0.05, 0.1) is 14.2 Å². The second-order valence-corrected chi connectivity index (χ2v) is 6.57. The fraction of sp³-hybridized carbons (Fsp3) is 0.611. The number of ether oxygens (including phenoxy) is 2. The van der Waals surface area contributed by atoms with E-state index in [1.807, 2.05) is 12.1 Å². The van der Waals surface area contributed by atoms with Crippen LogP contribution in [-0.4, -0.2) is 19.5 Å². The average Bonchev–Trinajstić information content (AvgIpc) is 2.49. The van der Waals surface area contributed by atoms with Gasteiger partial charge in [-0.15, -0.1) is 0 Å². The fourth-order valence-corrected chi connectivity index (χ4v) is 2.82. The van der Waals surface area contributed by atoms with E-state index in [9.17, 15) is 4.79 Å². The Bertz CT molecular complexity index is 484. The van der Waals surface area contributed by atoms with Gasteiger partial charge in [-0.25, -0.2) is 0 Å². The molecule has 0 saturated carbocycles. The number of hydrogen-bond donors (Lipinski definition) is 0. The van der Waals surface area contributed by atoms with E-state index in [0.29, 0.717) is 11.5 Å². The number of unbranched alkanes of at least 4 members (excludes halogenated alkanes) is 3. The molecule has 0 spiro atoms. The first-order chi connectivity index (χ1) is 10.4. The summed E-state index contributed by atoms with van der Waals surface area (Å²) < 4.78 is 10.7. The van der Waals surface area contributed by atoms with Gasteiger partial charge in [-0.1, -0.05) is 46.5 Å². The summed E-state index contributed by atoms with van der Waals surface area (Å²) in [5, 5.41) is -0.569. The predicted octanol–water partition coefficient (Wildman–Crippen LogP) is 5.33. The van der Waals surface area contributed by atoms with Crippen LogP contribution in [0.15, 0.2) is 12.1 Å². The lowest BCUT2D eigenvalue weighted by atomic mass is 9.79. The predicted molar refractivity (Wildman–Crippen MR) is 91.5 cm³/mol. The summed E-state index contributed by atoms with van der Waals surface area (Å²) in [6, 6.07) is 3.80. The monoisotopic (exact) mass is 326 g/mol. The quantitative estimate of drug-likeness (QED) is 0.454. The number of halogens is 1. The molecule has 22 heavy (non-hydrogen) atoms. The van der Waals surface area contributed by atoms with Gasteiger partial charge >= 0.3 is 0 Å². The van der Waals surface area contributed by atoms with Crippen molar-refractivity contribution < 1.29 is 14.3 Å². The molecule has 1 aromatic carbocycles. The molecule has 0 aliphatic heterocycles. The molecular weight excluding hydrogens is 300 g/mol. The second kappa shape index (κ2) is 8.42. The van der Waals surface area contributed by atoms with Crippen LogP contribution in [0.25, 0.3) is 0 Å². The summed E-state index contributed by atoms with van der Waals surface area (Å²) in [5.74, 6) is 0.937. The van der Waals surface area contributed by atoms with Crippen LogP contribution in [0.3, 0.4) is 0 Å². The minimum Gasteiger partial charge on any atom is -0.496 e. The minimum absolute atomic E-state index is 0.0117. The molecule has 0 bridgehead atoms. The maximum Gasteiger partial charge on any atom is 0.259 e. The molecular formula is C18H27ClO3. The molecule has 0 aromatic heterocycles. The Morgan fingerprint density at radius 2 is 1.64 bits per heavy atom. The summed E-state index contributed by atoms with van der Waals surface area (Å²) in [6.07, 6.45) is 6.00. The number of benzene rings is 1. The molecule has 0 heterocycles. The van der Waals surface area contributed by atoms with Crippen LogP contribution in [0.5, 0.6) is 11.5 Å². The molecule has 1 aromatic rings. The van der Waals surface area contributed by atoms with Crippen molar-refractivity contribution in [1.82, 2.24) is 0 Å².